The molecule has 0 N–H and O–H groups in total. The van der Waals surface area contributed by atoms with Gasteiger partial charge in [-0.2, -0.15) is 0 Å². The summed E-state index contributed by atoms with van der Waals surface area (Å²) < 4.78 is 18.1. The van der Waals surface area contributed by atoms with Gasteiger partial charge in [0.05, 0.1) is 6.54 Å². The average molecular weight is 395 g/mol. The second-order valence-electron chi connectivity index (χ2n) is 8.94. The monoisotopic (exact) mass is 395 g/mol. The highest BCUT2D eigenvalue weighted by molar-refractivity contribution is 5.68. The first-order valence-electron chi connectivity index (χ1n) is 10.3. The largest absolute Gasteiger partial charge is 0.488 e. The van der Waals surface area contributed by atoms with Crippen LogP contribution in [-0.4, -0.2) is 35.3 Å². The van der Waals surface area contributed by atoms with Crippen LogP contribution in [0.4, 0.5) is 4.79 Å². The van der Waals surface area contributed by atoms with Crippen molar-refractivity contribution < 1.29 is 19.0 Å². The van der Waals surface area contributed by atoms with Crippen LogP contribution < -0.4 is 9.47 Å². The van der Waals surface area contributed by atoms with Gasteiger partial charge in [-0.3, -0.25) is 0 Å². The molecule has 0 saturated carbocycles. The van der Waals surface area contributed by atoms with Crippen molar-refractivity contribution in [3.05, 3.63) is 59.7 Å². The number of amides is 1. The lowest BCUT2D eigenvalue weighted by molar-refractivity contribution is 0.0168. The predicted octanol–water partition coefficient (Wildman–Crippen LogP) is 4.97. The van der Waals surface area contributed by atoms with Gasteiger partial charge in [0.1, 0.15) is 29.3 Å². The van der Waals surface area contributed by atoms with E-state index in [1.54, 1.807) is 4.90 Å². The minimum absolute atomic E-state index is 0.260. The van der Waals surface area contributed by atoms with Crippen LogP contribution in [-0.2, 0) is 17.8 Å². The molecule has 154 valence electrons. The summed E-state index contributed by atoms with van der Waals surface area (Å²) in [7, 11) is 0. The summed E-state index contributed by atoms with van der Waals surface area (Å²) in [6.07, 6.45) is 2.30. The molecule has 0 radical (unpaired) electrons. The first-order chi connectivity index (χ1) is 13.8. The molecule has 1 saturated heterocycles. The van der Waals surface area contributed by atoms with Gasteiger partial charge in [0, 0.05) is 18.5 Å². The Bertz CT molecular complexity index is 874. The third kappa shape index (κ3) is 4.50. The Labute approximate surface area is 172 Å². The van der Waals surface area contributed by atoms with E-state index in [0.717, 1.165) is 41.9 Å². The molecule has 1 unspecified atom stereocenters. The van der Waals surface area contributed by atoms with Gasteiger partial charge in [-0.05, 0) is 51.3 Å². The number of fused-ring (bicyclic) bond motifs is 1. The zero-order chi connectivity index (χ0) is 20.5. The van der Waals surface area contributed by atoms with E-state index in [9.17, 15) is 4.79 Å². The highest BCUT2D eigenvalue weighted by Crippen LogP contribution is 2.42. The molecule has 0 aromatic heterocycles. The first kappa shape index (κ1) is 19.6. The number of rotatable bonds is 3. The van der Waals surface area contributed by atoms with Gasteiger partial charge in [-0.1, -0.05) is 36.4 Å². The molecule has 5 nitrogen and oxygen atoms in total. The molecule has 1 fully saturated rings. The molecule has 0 bridgehead atoms. The number of carbonyl (C=O) groups is 1. The van der Waals surface area contributed by atoms with Gasteiger partial charge in [-0.15, -0.1) is 0 Å². The van der Waals surface area contributed by atoms with Gasteiger partial charge in [-0.25, -0.2) is 4.79 Å². The number of hydrogen-bond acceptors (Lipinski definition) is 4. The molecular formula is C24H29NO4. The maximum Gasteiger partial charge on any atom is 0.410 e. The molecule has 1 spiro atoms. The van der Waals surface area contributed by atoms with E-state index in [4.69, 9.17) is 14.2 Å². The summed E-state index contributed by atoms with van der Waals surface area (Å²) in [5.41, 5.74) is 1.44. The molecule has 2 aliphatic heterocycles. The van der Waals surface area contributed by atoms with E-state index in [-0.39, 0.29) is 11.7 Å². The van der Waals surface area contributed by atoms with Crippen LogP contribution >= 0.6 is 0 Å². The summed E-state index contributed by atoms with van der Waals surface area (Å²) in [4.78, 5) is 14.2. The first-order valence-corrected chi connectivity index (χ1v) is 10.3. The van der Waals surface area contributed by atoms with E-state index >= 15 is 0 Å². The Morgan fingerprint density at radius 3 is 2.66 bits per heavy atom. The second kappa shape index (κ2) is 7.62. The number of nitrogens with zero attached hydrogens (tertiary/aromatic N) is 1. The Hall–Kier alpha value is -2.69. The van der Waals surface area contributed by atoms with Crippen molar-refractivity contribution in [2.24, 2.45) is 0 Å². The number of carbonyl (C=O) groups excluding carboxylic acids is 1. The fraction of sp³-hybridized carbons (Fsp3) is 0.458. The molecule has 2 heterocycles. The third-order valence-corrected chi connectivity index (χ3v) is 5.45. The van der Waals surface area contributed by atoms with E-state index in [2.05, 4.69) is 12.1 Å². The van der Waals surface area contributed by atoms with Crippen LogP contribution in [0.15, 0.2) is 48.5 Å². The minimum atomic E-state index is -0.488. The highest BCUT2D eigenvalue weighted by Gasteiger charge is 2.45. The fourth-order valence-corrected chi connectivity index (χ4v) is 4.01. The maximum absolute atomic E-state index is 12.4. The van der Waals surface area contributed by atoms with Crippen molar-refractivity contribution in [2.45, 2.75) is 57.8 Å². The highest BCUT2D eigenvalue weighted by atomic mass is 16.6. The molecular weight excluding hydrogens is 366 g/mol. The number of hydrogen-bond donors (Lipinski definition) is 0. The lowest BCUT2D eigenvalue weighted by atomic mass is 9.90. The number of likely N-dealkylation sites (tertiary alicyclic amines) is 1. The van der Waals surface area contributed by atoms with Crippen LogP contribution in [0.2, 0.25) is 0 Å². The number of benzene rings is 2. The molecule has 4 rings (SSSR count). The normalized spacial score (nSPS) is 20.9. The number of ether oxygens (including phenoxy) is 3. The zero-order valence-electron chi connectivity index (χ0n) is 17.4. The SMILES string of the molecule is CC(C)(C)OC(=O)N1CCC2(CCc3c(OCc4ccccc4)cccc3O2)C1. The Morgan fingerprint density at radius 2 is 1.90 bits per heavy atom. The molecule has 2 aromatic carbocycles. The van der Waals surface area contributed by atoms with Gasteiger partial charge < -0.3 is 19.1 Å². The fourth-order valence-electron chi connectivity index (χ4n) is 4.01. The second-order valence-corrected chi connectivity index (χ2v) is 8.94. The molecule has 1 atom stereocenters. The van der Waals surface area contributed by atoms with Crippen LogP contribution in [0, 0.1) is 0 Å². The summed E-state index contributed by atoms with van der Waals surface area (Å²) >= 11 is 0. The summed E-state index contributed by atoms with van der Waals surface area (Å²) in [5.74, 6) is 1.75. The van der Waals surface area contributed by atoms with Gasteiger partial charge in [0.25, 0.3) is 0 Å². The maximum atomic E-state index is 12.4. The van der Waals surface area contributed by atoms with Crippen LogP contribution in [0.1, 0.15) is 44.7 Å². The smallest absolute Gasteiger partial charge is 0.410 e. The molecule has 5 heteroatoms. The lowest BCUT2D eigenvalue weighted by Crippen LogP contribution is -2.44. The van der Waals surface area contributed by atoms with Gasteiger partial charge >= 0.3 is 6.09 Å². The molecule has 2 aromatic rings. The standard InChI is InChI=1S/C24H29NO4/c1-23(2,3)29-22(26)25-15-14-24(17-25)13-12-19-20(10-7-11-21(19)28-24)27-16-18-8-5-4-6-9-18/h4-11H,12-17H2,1-3H3. The van der Waals surface area contributed by atoms with Crippen molar-refractivity contribution in [3.63, 3.8) is 0 Å². The van der Waals surface area contributed by atoms with Crippen molar-refractivity contribution >= 4 is 6.09 Å². The third-order valence-electron chi connectivity index (χ3n) is 5.45. The van der Waals surface area contributed by atoms with Crippen LogP contribution in [0.25, 0.3) is 0 Å². The molecule has 1 amide bonds. The molecule has 0 aliphatic carbocycles. The van der Waals surface area contributed by atoms with Crippen molar-refractivity contribution in [2.75, 3.05) is 13.1 Å². The van der Waals surface area contributed by atoms with E-state index in [1.807, 2.05) is 57.2 Å². The molecule has 2 aliphatic rings. The van der Waals surface area contributed by atoms with E-state index in [0.29, 0.717) is 19.7 Å². The predicted molar refractivity (Wildman–Crippen MR) is 111 cm³/mol. The summed E-state index contributed by atoms with van der Waals surface area (Å²) in [5, 5.41) is 0. The van der Waals surface area contributed by atoms with E-state index in [1.165, 1.54) is 0 Å². The van der Waals surface area contributed by atoms with Crippen molar-refractivity contribution in [1.29, 1.82) is 0 Å². The molecule has 29 heavy (non-hydrogen) atoms. The lowest BCUT2D eigenvalue weighted by Gasteiger charge is -2.36. The van der Waals surface area contributed by atoms with Gasteiger partial charge in [0.15, 0.2) is 0 Å². The summed E-state index contributed by atoms with van der Waals surface area (Å²) in [6, 6.07) is 16.1. The quantitative estimate of drug-likeness (QED) is 0.736. The minimum Gasteiger partial charge on any atom is -0.488 e. The Balaban J connectivity index is 1.43. The summed E-state index contributed by atoms with van der Waals surface area (Å²) in [6.45, 7) is 7.43. The van der Waals surface area contributed by atoms with Crippen LogP contribution in [0.3, 0.4) is 0 Å². The Kier molecular flexibility index (Phi) is 5.15. The average Bonchev–Trinajstić information content (AvgIpc) is 3.09. The van der Waals surface area contributed by atoms with Gasteiger partial charge in [0.2, 0.25) is 0 Å². The Morgan fingerprint density at radius 1 is 1.10 bits per heavy atom. The topological polar surface area (TPSA) is 48.0 Å². The van der Waals surface area contributed by atoms with E-state index < -0.39 is 5.60 Å². The van der Waals surface area contributed by atoms with Crippen molar-refractivity contribution in [3.8, 4) is 11.5 Å². The van der Waals surface area contributed by atoms with Crippen molar-refractivity contribution in [1.82, 2.24) is 4.90 Å². The van der Waals surface area contributed by atoms with Crippen LogP contribution in [0.5, 0.6) is 11.5 Å². The zero-order valence-corrected chi connectivity index (χ0v) is 17.4.